The standard InChI is InChI=1S/C10H20N2OS/c1-10(12-2,9(11)13)7-14-8-5-3-4-6-8/h8,12H,3-7H2,1-2H3,(H2,11,13). The van der Waals surface area contributed by atoms with Gasteiger partial charge in [-0.2, -0.15) is 11.8 Å². The first kappa shape index (κ1) is 11.9. The molecule has 0 heterocycles. The monoisotopic (exact) mass is 216 g/mol. The van der Waals surface area contributed by atoms with Crippen molar-refractivity contribution in [3.63, 3.8) is 0 Å². The van der Waals surface area contributed by atoms with Crippen molar-refractivity contribution in [2.75, 3.05) is 12.8 Å². The topological polar surface area (TPSA) is 55.1 Å². The van der Waals surface area contributed by atoms with E-state index in [1.807, 2.05) is 18.7 Å². The second-order valence-electron chi connectivity index (χ2n) is 4.16. The first-order valence-electron chi connectivity index (χ1n) is 5.19. The number of carbonyl (C=O) groups is 1. The highest BCUT2D eigenvalue weighted by molar-refractivity contribution is 8.00. The van der Waals surface area contributed by atoms with Crippen molar-refractivity contribution in [1.82, 2.24) is 5.32 Å². The smallest absolute Gasteiger partial charge is 0.238 e. The lowest BCUT2D eigenvalue weighted by Crippen LogP contribution is -2.53. The minimum Gasteiger partial charge on any atom is -0.368 e. The number of hydrogen-bond acceptors (Lipinski definition) is 3. The molecule has 0 radical (unpaired) electrons. The van der Waals surface area contributed by atoms with Gasteiger partial charge < -0.3 is 11.1 Å². The van der Waals surface area contributed by atoms with E-state index in [0.717, 1.165) is 11.0 Å². The number of likely N-dealkylation sites (N-methyl/N-ethyl adjacent to an activating group) is 1. The molecule has 1 aliphatic rings. The zero-order valence-electron chi connectivity index (χ0n) is 9.01. The minimum atomic E-state index is -0.548. The summed E-state index contributed by atoms with van der Waals surface area (Å²) < 4.78 is 0. The van der Waals surface area contributed by atoms with Gasteiger partial charge in [0.05, 0.1) is 0 Å². The van der Waals surface area contributed by atoms with Crippen molar-refractivity contribution in [1.29, 1.82) is 0 Å². The van der Waals surface area contributed by atoms with E-state index in [9.17, 15) is 4.79 Å². The molecular formula is C10H20N2OS. The predicted molar refractivity (Wildman–Crippen MR) is 61.4 cm³/mol. The molecule has 1 atom stereocenters. The highest BCUT2D eigenvalue weighted by atomic mass is 32.2. The first-order valence-corrected chi connectivity index (χ1v) is 6.24. The molecule has 1 amide bonds. The maximum atomic E-state index is 11.2. The molecule has 0 aromatic carbocycles. The summed E-state index contributed by atoms with van der Waals surface area (Å²) in [6.07, 6.45) is 5.27. The van der Waals surface area contributed by atoms with Crippen LogP contribution in [0.15, 0.2) is 0 Å². The van der Waals surface area contributed by atoms with Gasteiger partial charge in [0, 0.05) is 11.0 Å². The van der Waals surface area contributed by atoms with Gasteiger partial charge in [-0.3, -0.25) is 4.79 Å². The molecule has 1 fully saturated rings. The van der Waals surface area contributed by atoms with Crippen molar-refractivity contribution in [2.45, 2.75) is 43.4 Å². The van der Waals surface area contributed by atoms with E-state index in [4.69, 9.17) is 5.73 Å². The van der Waals surface area contributed by atoms with Gasteiger partial charge in [0.2, 0.25) is 5.91 Å². The van der Waals surface area contributed by atoms with Gasteiger partial charge in [-0.05, 0) is 26.8 Å². The molecule has 0 aromatic heterocycles. The number of primary amides is 1. The van der Waals surface area contributed by atoms with Gasteiger partial charge >= 0.3 is 0 Å². The lowest BCUT2D eigenvalue weighted by molar-refractivity contribution is -0.122. The van der Waals surface area contributed by atoms with E-state index >= 15 is 0 Å². The van der Waals surface area contributed by atoms with Crippen LogP contribution in [0.4, 0.5) is 0 Å². The Kier molecular flexibility index (Phi) is 4.26. The zero-order chi connectivity index (χ0) is 10.6. The van der Waals surface area contributed by atoms with Crippen LogP contribution >= 0.6 is 11.8 Å². The number of carbonyl (C=O) groups excluding carboxylic acids is 1. The Morgan fingerprint density at radius 1 is 1.57 bits per heavy atom. The normalized spacial score (nSPS) is 22.1. The second-order valence-corrected chi connectivity index (χ2v) is 5.45. The summed E-state index contributed by atoms with van der Waals surface area (Å²) in [6, 6.07) is 0. The molecule has 1 saturated carbocycles. The summed E-state index contributed by atoms with van der Waals surface area (Å²) in [5.74, 6) is 0.522. The third-order valence-electron chi connectivity index (χ3n) is 3.01. The molecule has 3 nitrogen and oxygen atoms in total. The summed E-state index contributed by atoms with van der Waals surface area (Å²) >= 11 is 1.88. The van der Waals surface area contributed by atoms with Gasteiger partial charge in [0.25, 0.3) is 0 Å². The Morgan fingerprint density at radius 3 is 2.57 bits per heavy atom. The fourth-order valence-corrected chi connectivity index (χ4v) is 3.13. The lowest BCUT2D eigenvalue weighted by Gasteiger charge is -2.26. The SMILES string of the molecule is CNC(C)(CSC1CCCC1)C(N)=O. The number of nitrogens with two attached hydrogens (primary N) is 1. The summed E-state index contributed by atoms with van der Waals surface area (Å²) in [6.45, 7) is 1.87. The molecular weight excluding hydrogens is 196 g/mol. The fourth-order valence-electron chi connectivity index (χ4n) is 1.61. The molecule has 1 aliphatic carbocycles. The van der Waals surface area contributed by atoms with E-state index in [2.05, 4.69) is 5.32 Å². The van der Waals surface area contributed by atoms with E-state index < -0.39 is 5.54 Å². The summed E-state index contributed by atoms with van der Waals surface area (Å²) in [5, 5.41) is 3.74. The second kappa shape index (κ2) is 5.03. The number of thioether (sulfide) groups is 1. The molecule has 0 saturated heterocycles. The molecule has 14 heavy (non-hydrogen) atoms. The molecule has 1 rings (SSSR count). The van der Waals surface area contributed by atoms with Crippen LogP contribution in [0, 0.1) is 0 Å². The fraction of sp³-hybridized carbons (Fsp3) is 0.900. The minimum absolute atomic E-state index is 0.259. The summed E-state index contributed by atoms with van der Waals surface area (Å²) in [4.78, 5) is 11.2. The van der Waals surface area contributed by atoms with Crippen LogP contribution in [0.5, 0.6) is 0 Å². The van der Waals surface area contributed by atoms with E-state index in [-0.39, 0.29) is 5.91 Å². The summed E-state index contributed by atoms with van der Waals surface area (Å²) in [5.41, 5.74) is 4.80. The van der Waals surface area contributed by atoms with Crippen molar-refractivity contribution >= 4 is 17.7 Å². The van der Waals surface area contributed by atoms with Gasteiger partial charge in [-0.25, -0.2) is 0 Å². The van der Waals surface area contributed by atoms with E-state index in [1.54, 1.807) is 7.05 Å². The van der Waals surface area contributed by atoms with Gasteiger partial charge in [-0.15, -0.1) is 0 Å². The number of rotatable bonds is 5. The van der Waals surface area contributed by atoms with Crippen molar-refractivity contribution < 1.29 is 4.79 Å². The molecule has 0 aromatic rings. The van der Waals surface area contributed by atoms with Crippen molar-refractivity contribution in [3.05, 3.63) is 0 Å². The van der Waals surface area contributed by atoms with Gasteiger partial charge in [-0.1, -0.05) is 12.8 Å². The predicted octanol–water partition coefficient (Wildman–Crippen LogP) is 1.13. The highest BCUT2D eigenvalue weighted by Crippen LogP contribution is 2.31. The van der Waals surface area contributed by atoms with Crippen LogP contribution in [-0.2, 0) is 4.79 Å². The van der Waals surface area contributed by atoms with E-state index in [0.29, 0.717) is 0 Å². The van der Waals surface area contributed by atoms with Crippen LogP contribution in [0.1, 0.15) is 32.6 Å². The highest BCUT2D eigenvalue weighted by Gasteiger charge is 2.30. The number of hydrogen-bond donors (Lipinski definition) is 2. The van der Waals surface area contributed by atoms with Crippen molar-refractivity contribution in [2.24, 2.45) is 5.73 Å². The molecule has 0 aliphatic heterocycles. The maximum Gasteiger partial charge on any atom is 0.238 e. The Balaban J connectivity index is 2.36. The van der Waals surface area contributed by atoms with E-state index in [1.165, 1.54) is 25.7 Å². The Hall–Kier alpha value is -0.220. The Labute approximate surface area is 90.2 Å². The number of amides is 1. The van der Waals surface area contributed by atoms with Crippen LogP contribution in [0.25, 0.3) is 0 Å². The van der Waals surface area contributed by atoms with Gasteiger partial charge in [0.1, 0.15) is 5.54 Å². The summed E-state index contributed by atoms with van der Waals surface area (Å²) in [7, 11) is 1.79. The van der Waals surface area contributed by atoms with Crippen LogP contribution in [0.2, 0.25) is 0 Å². The molecule has 0 spiro atoms. The average Bonchev–Trinajstić information content (AvgIpc) is 2.66. The molecule has 3 N–H and O–H groups in total. The maximum absolute atomic E-state index is 11.2. The zero-order valence-corrected chi connectivity index (χ0v) is 9.82. The average molecular weight is 216 g/mol. The van der Waals surface area contributed by atoms with Crippen LogP contribution < -0.4 is 11.1 Å². The molecule has 0 bridgehead atoms. The molecule has 1 unspecified atom stereocenters. The largest absolute Gasteiger partial charge is 0.368 e. The Bertz CT molecular complexity index is 204. The van der Waals surface area contributed by atoms with Crippen LogP contribution in [-0.4, -0.2) is 29.5 Å². The third kappa shape index (κ3) is 2.89. The lowest BCUT2D eigenvalue weighted by atomic mass is 10.1. The Morgan fingerprint density at radius 2 is 2.14 bits per heavy atom. The van der Waals surface area contributed by atoms with Gasteiger partial charge in [0.15, 0.2) is 0 Å². The third-order valence-corrected chi connectivity index (χ3v) is 4.69. The van der Waals surface area contributed by atoms with Crippen LogP contribution in [0.3, 0.4) is 0 Å². The van der Waals surface area contributed by atoms with Crippen molar-refractivity contribution in [3.8, 4) is 0 Å². The number of nitrogens with one attached hydrogen (secondary N) is 1. The quantitative estimate of drug-likeness (QED) is 0.724. The molecule has 4 heteroatoms. The molecule has 82 valence electrons. The first-order chi connectivity index (χ1) is 6.58.